The molecule has 1 saturated carbocycles. The van der Waals surface area contributed by atoms with E-state index in [9.17, 15) is 9.18 Å². The summed E-state index contributed by atoms with van der Waals surface area (Å²) in [5.74, 6) is 0.440. The van der Waals surface area contributed by atoms with Gasteiger partial charge >= 0.3 is 0 Å². The molecular formula is C11H11FO. The Morgan fingerprint density at radius 3 is 2.46 bits per heavy atom. The lowest BCUT2D eigenvalue weighted by molar-refractivity contribution is -0.117. The molecule has 1 aromatic carbocycles. The van der Waals surface area contributed by atoms with Crippen molar-refractivity contribution >= 4 is 5.78 Å². The van der Waals surface area contributed by atoms with Crippen LogP contribution in [0.3, 0.4) is 0 Å². The van der Waals surface area contributed by atoms with Crippen LogP contribution in [0.25, 0.3) is 0 Å². The van der Waals surface area contributed by atoms with E-state index >= 15 is 0 Å². The maximum absolute atomic E-state index is 12.6. The lowest BCUT2D eigenvalue weighted by Crippen LogP contribution is -1.93. The van der Waals surface area contributed by atoms with E-state index in [1.807, 2.05) is 0 Å². The zero-order valence-corrected chi connectivity index (χ0v) is 7.29. The van der Waals surface area contributed by atoms with Gasteiger partial charge in [-0.25, -0.2) is 4.39 Å². The molecule has 2 heteroatoms. The highest BCUT2D eigenvalue weighted by Crippen LogP contribution is 2.31. The molecule has 0 aromatic heterocycles. The van der Waals surface area contributed by atoms with Crippen molar-refractivity contribution in [1.29, 1.82) is 0 Å². The summed E-state index contributed by atoms with van der Waals surface area (Å²) in [4.78, 5) is 11.0. The highest BCUT2D eigenvalue weighted by molar-refractivity contribution is 5.81. The normalized spacial score (nSPS) is 22.2. The predicted octanol–water partition coefficient (Wildman–Crippen LogP) is 2.66. The third kappa shape index (κ3) is 1.77. The second-order valence-electron chi connectivity index (χ2n) is 3.53. The van der Waals surface area contributed by atoms with Gasteiger partial charge in [0.25, 0.3) is 0 Å². The largest absolute Gasteiger partial charge is 0.300 e. The van der Waals surface area contributed by atoms with E-state index in [-0.39, 0.29) is 5.82 Å². The van der Waals surface area contributed by atoms with Crippen molar-refractivity contribution in [2.24, 2.45) is 0 Å². The van der Waals surface area contributed by atoms with Crippen molar-refractivity contribution in [3.8, 4) is 0 Å². The summed E-state index contributed by atoms with van der Waals surface area (Å²) >= 11 is 0. The third-order valence-electron chi connectivity index (χ3n) is 2.59. The minimum Gasteiger partial charge on any atom is -0.300 e. The lowest BCUT2D eigenvalue weighted by Gasteiger charge is -2.07. The first-order chi connectivity index (χ1) is 6.25. The molecule has 0 bridgehead atoms. The molecule has 0 saturated heterocycles. The number of carbonyl (C=O) groups excluding carboxylic acids is 1. The summed E-state index contributed by atoms with van der Waals surface area (Å²) in [7, 11) is 0. The van der Waals surface area contributed by atoms with Crippen LogP contribution in [0.5, 0.6) is 0 Å². The van der Waals surface area contributed by atoms with Crippen molar-refractivity contribution in [3.63, 3.8) is 0 Å². The summed E-state index contributed by atoms with van der Waals surface area (Å²) in [6, 6.07) is 6.47. The highest BCUT2D eigenvalue weighted by Gasteiger charge is 2.23. The summed E-state index contributed by atoms with van der Waals surface area (Å²) in [5, 5.41) is 0. The summed E-state index contributed by atoms with van der Waals surface area (Å²) in [5.41, 5.74) is 1.09. The smallest absolute Gasteiger partial charge is 0.133 e. The second-order valence-corrected chi connectivity index (χ2v) is 3.53. The van der Waals surface area contributed by atoms with Crippen molar-refractivity contribution < 1.29 is 9.18 Å². The summed E-state index contributed by atoms with van der Waals surface area (Å²) in [6.07, 6.45) is 2.23. The molecule has 68 valence electrons. The number of halogens is 1. The molecule has 1 aliphatic rings. The molecule has 0 N–H and O–H groups in total. The molecule has 0 unspecified atom stereocenters. The number of carbonyl (C=O) groups is 1. The van der Waals surface area contributed by atoms with Crippen LogP contribution in [0, 0.1) is 5.82 Å². The number of benzene rings is 1. The van der Waals surface area contributed by atoms with Gasteiger partial charge in [0.15, 0.2) is 0 Å². The number of rotatable bonds is 1. The molecule has 1 atom stereocenters. The van der Waals surface area contributed by atoms with Gasteiger partial charge < -0.3 is 0 Å². The van der Waals surface area contributed by atoms with Crippen molar-refractivity contribution in [3.05, 3.63) is 35.6 Å². The Balaban J connectivity index is 2.17. The molecule has 0 spiro atoms. The Bertz CT molecular complexity index is 315. The minimum atomic E-state index is -0.215. The number of hydrogen-bond donors (Lipinski definition) is 0. The van der Waals surface area contributed by atoms with Crippen LogP contribution in [0.15, 0.2) is 24.3 Å². The molecule has 1 aliphatic carbocycles. The van der Waals surface area contributed by atoms with E-state index < -0.39 is 0 Å². The Kier molecular flexibility index (Phi) is 2.13. The topological polar surface area (TPSA) is 17.1 Å². The van der Waals surface area contributed by atoms with Crippen LogP contribution < -0.4 is 0 Å². The van der Waals surface area contributed by atoms with Gasteiger partial charge in [0.1, 0.15) is 11.6 Å². The van der Waals surface area contributed by atoms with E-state index in [1.165, 1.54) is 12.1 Å². The van der Waals surface area contributed by atoms with E-state index in [1.54, 1.807) is 12.1 Å². The minimum absolute atomic E-state index is 0.215. The Labute approximate surface area is 76.6 Å². The predicted molar refractivity (Wildman–Crippen MR) is 48.0 cm³/mol. The fourth-order valence-corrected chi connectivity index (χ4v) is 1.83. The van der Waals surface area contributed by atoms with Crippen LogP contribution in [0.2, 0.25) is 0 Å². The maximum Gasteiger partial charge on any atom is 0.133 e. The Morgan fingerprint density at radius 1 is 1.23 bits per heavy atom. The van der Waals surface area contributed by atoms with Gasteiger partial charge in [0, 0.05) is 12.8 Å². The van der Waals surface area contributed by atoms with Crippen LogP contribution in [-0.4, -0.2) is 5.78 Å². The Hall–Kier alpha value is -1.18. The summed E-state index contributed by atoms with van der Waals surface area (Å²) in [6.45, 7) is 0. The van der Waals surface area contributed by atoms with Gasteiger partial charge in [0.05, 0.1) is 0 Å². The molecule has 2 rings (SSSR count). The monoisotopic (exact) mass is 178 g/mol. The fourth-order valence-electron chi connectivity index (χ4n) is 1.83. The molecule has 1 nitrogen and oxygen atoms in total. The van der Waals surface area contributed by atoms with Crippen molar-refractivity contribution in [2.75, 3.05) is 0 Å². The first-order valence-corrected chi connectivity index (χ1v) is 4.53. The molecule has 0 heterocycles. The lowest BCUT2D eigenvalue weighted by atomic mass is 9.98. The van der Waals surface area contributed by atoms with Crippen molar-refractivity contribution in [1.82, 2.24) is 0 Å². The van der Waals surface area contributed by atoms with E-state index in [0.29, 0.717) is 24.5 Å². The van der Waals surface area contributed by atoms with E-state index in [2.05, 4.69) is 0 Å². The standard InChI is InChI=1S/C11H11FO/c12-10-4-1-8(2-5-10)9-3-6-11(13)7-9/h1-2,4-5,9H,3,6-7H2/t9-/m0/s1. The molecule has 0 radical (unpaired) electrons. The fraction of sp³-hybridized carbons (Fsp3) is 0.364. The van der Waals surface area contributed by atoms with Crippen LogP contribution >= 0.6 is 0 Å². The first kappa shape index (κ1) is 8.42. The molecule has 0 amide bonds. The van der Waals surface area contributed by atoms with Gasteiger partial charge in [-0.05, 0) is 30.0 Å². The van der Waals surface area contributed by atoms with E-state index in [0.717, 1.165) is 12.0 Å². The quantitative estimate of drug-likeness (QED) is 0.646. The van der Waals surface area contributed by atoms with Crippen molar-refractivity contribution in [2.45, 2.75) is 25.2 Å². The molecular weight excluding hydrogens is 167 g/mol. The van der Waals surface area contributed by atoms with E-state index in [4.69, 9.17) is 0 Å². The van der Waals surface area contributed by atoms with Crippen LogP contribution in [0.1, 0.15) is 30.7 Å². The highest BCUT2D eigenvalue weighted by atomic mass is 19.1. The molecule has 1 aromatic rings. The average molecular weight is 178 g/mol. The van der Waals surface area contributed by atoms with Crippen LogP contribution in [0.4, 0.5) is 4.39 Å². The zero-order valence-electron chi connectivity index (χ0n) is 7.29. The number of ketones is 1. The average Bonchev–Trinajstić information content (AvgIpc) is 2.53. The van der Waals surface area contributed by atoms with Gasteiger partial charge in [-0.2, -0.15) is 0 Å². The van der Waals surface area contributed by atoms with Gasteiger partial charge in [-0.15, -0.1) is 0 Å². The molecule has 1 fully saturated rings. The van der Waals surface area contributed by atoms with Gasteiger partial charge in [-0.3, -0.25) is 4.79 Å². The maximum atomic E-state index is 12.6. The van der Waals surface area contributed by atoms with Crippen LogP contribution in [-0.2, 0) is 4.79 Å². The number of hydrogen-bond acceptors (Lipinski definition) is 1. The molecule has 0 aliphatic heterocycles. The van der Waals surface area contributed by atoms with Gasteiger partial charge in [-0.1, -0.05) is 12.1 Å². The second kappa shape index (κ2) is 3.29. The summed E-state index contributed by atoms with van der Waals surface area (Å²) < 4.78 is 12.6. The zero-order chi connectivity index (χ0) is 9.26. The van der Waals surface area contributed by atoms with Gasteiger partial charge in [0.2, 0.25) is 0 Å². The number of Topliss-reactive ketones (excluding diaryl/α,β-unsaturated/α-hetero) is 1. The molecule has 13 heavy (non-hydrogen) atoms. The third-order valence-corrected chi connectivity index (χ3v) is 2.59. The first-order valence-electron chi connectivity index (χ1n) is 4.53. The SMILES string of the molecule is O=C1CC[C@H](c2ccc(F)cc2)C1. The Morgan fingerprint density at radius 2 is 1.92 bits per heavy atom.